The summed E-state index contributed by atoms with van der Waals surface area (Å²) < 4.78 is 7.46. The Balaban J connectivity index is 1.56. The summed E-state index contributed by atoms with van der Waals surface area (Å²) in [4.78, 5) is 4.50. The lowest BCUT2D eigenvalue weighted by Gasteiger charge is -2.39. The van der Waals surface area contributed by atoms with Crippen LogP contribution < -0.4 is 5.32 Å². The third-order valence-electron chi connectivity index (χ3n) is 5.48. The standard InChI is InChI=1S/C17H30N4O/c1-14-19-16-7-6-15(12-21(16)20-14)18-13-17(10-11-22-2)8-4-3-5-9-17/h15,18H,3-13H2,1-2H3. The van der Waals surface area contributed by atoms with Gasteiger partial charge in [0.1, 0.15) is 11.6 Å². The van der Waals surface area contributed by atoms with Gasteiger partial charge in [0, 0.05) is 32.7 Å². The Morgan fingerprint density at radius 3 is 2.91 bits per heavy atom. The number of aryl methyl sites for hydroxylation is 2. The molecule has 124 valence electrons. The molecule has 0 amide bonds. The molecule has 1 unspecified atom stereocenters. The molecule has 1 saturated carbocycles. The Morgan fingerprint density at radius 2 is 2.14 bits per heavy atom. The van der Waals surface area contributed by atoms with E-state index in [9.17, 15) is 0 Å². The Labute approximate surface area is 133 Å². The van der Waals surface area contributed by atoms with Gasteiger partial charge in [-0.25, -0.2) is 9.67 Å². The Hall–Kier alpha value is -0.940. The van der Waals surface area contributed by atoms with Gasteiger partial charge in [-0.2, -0.15) is 5.10 Å². The topological polar surface area (TPSA) is 52.0 Å². The lowest BCUT2D eigenvalue weighted by Crippen LogP contribution is -2.45. The van der Waals surface area contributed by atoms with E-state index in [-0.39, 0.29) is 0 Å². The van der Waals surface area contributed by atoms with Crippen molar-refractivity contribution in [3.8, 4) is 0 Å². The molecule has 1 atom stereocenters. The van der Waals surface area contributed by atoms with Gasteiger partial charge in [-0.3, -0.25) is 0 Å². The maximum Gasteiger partial charge on any atom is 0.147 e. The maximum atomic E-state index is 5.36. The number of ether oxygens (including phenoxy) is 1. The minimum Gasteiger partial charge on any atom is -0.385 e. The van der Waals surface area contributed by atoms with Crippen LogP contribution in [0.5, 0.6) is 0 Å². The summed E-state index contributed by atoms with van der Waals surface area (Å²) in [5.74, 6) is 2.06. The van der Waals surface area contributed by atoms with Crippen LogP contribution in [0.1, 0.15) is 56.6 Å². The zero-order valence-corrected chi connectivity index (χ0v) is 14.1. The van der Waals surface area contributed by atoms with Gasteiger partial charge in [-0.1, -0.05) is 19.3 Å². The summed E-state index contributed by atoms with van der Waals surface area (Å²) in [6, 6.07) is 0.537. The molecule has 2 heterocycles. The SMILES string of the molecule is COCCC1(CNC2CCc3nc(C)nn3C2)CCCCC1. The highest BCUT2D eigenvalue weighted by atomic mass is 16.5. The smallest absolute Gasteiger partial charge is 0.147 e. The molecule has 22 heavy (non-hydrogen) atoms. The van der Waals surface area contributed by atoms with Crippen LogP contribution in [0.2, 0.25) is 0 Å². The fourth-order valence-corrected chi connectivity index (χ4v) is 4.10. The summed E-state index contributed by atoms with van der Waals surface area (Å²) in [5.41, 5.74) is 0.451. The third kappa shape index (κ3) is 3.69. The first-order valence-electron chi connectivity index (χ1n) is 8.83. The predicted molar refractivity (Wildman–Crippen MR) is 86.9 cm³/mol. The van der Waals surface area contributed by atoms with Crippen LogP contribution >= 0.6 is 0 Å². The molecule has 5 heteroatoms. The Morgan fingerprint density at radius 1 is 1.32 bits per heavy atom. The van der Waals surface area contributed by atoms with Crippen molar-refractivity contribution in [2.24, 2.45) is 5.41 Å². The lowest BCUT2D eigenvalue weighted by molar-refractivity contribution is 0.0963. The van der Waals surface area contributed by atoms with E-state index in [0.717, 1.165) is 37.8 Å². The quantitative estimate of drug-likeness (QED) is 0.877. The fourth-order valence-electron chi connectivity index (χ4n) is 4.10. The molecule has 3 rings (SSSR count). The van der Waals surface area contributed by atoms with E-state index in [1.54, 1.807) is 0 Å². The van der Waals surface area contributed by atoms with Crippen molar-refractivity contribution in [2.45, 2.75) is 70.9 Å². The van der Waals surface area contributed by atoms with Gasteiger partial charge in [0.05, 0.1) is 6.54 Å². The zero-order valence-electron chi connectivity index (χ0n) is 14.1. The van der Waals surface area contributed by atoms with Crippen LogP contribution in [0.4, 0.5) is 0 Å². The molecule has 0 aromatic carbocycles. The minimum atomic E-state index is 0.451. The maximum absolute atomic E-state index is 5.36. The summed E-state index contributed by atoms with van der Waals surface area (Å²) >= 11 is 0. The molecule has 2 aliphatic rings. The summed E-state index contributed by atoms with van der Waals surface area (Å²) in [6.07, 6.45) is 10.3. The molecule has 1 aliphatic carbocycles. The lowest BCUT2D eigenvalue weighted by atomic mass is 9.71. The molecule has 1 N–H and O–H groups in total. The highest BCUT2D eigenvalue weighted by molar-refractivity contribution is 4.97. The third-order valence-corrected chi connectivity index (χ3v) is 5.48. The van der Waals surface area contributed by atoms with Crippen LogP contribution in [-0.4, -0.2) is 41.1 Å². The highest BCUT2D eigenvalue weighted by Gasteiger charge is 2.32. The molecule has 0 radical (unpaired) electrons. The van der Waals surface area contributed by atoms with Crippen LogP contribution in [-0.2, 0) is 17.7 Å². The first-order valence-corrected chi connectivity index (χ1v) is 8.83. The van der Waals surface area contributed by atoms with Gasteiger partial charge in [0.25, 0.3) is 0 Å². The fraction of sp³-hybridized carbons (Fsp3) is 0.882. The van der Waals surface area contributed by atoms with Gasteiger partial charge in [-0.15, -0.1) is 0 Å². The van der Waals surface area contributed by atoms with Crippen LogP contribution in [0.15, 0.2) is 0 Å². The number of nitrogens with zero attached hydrogens (tertiary/aromatic N) is 3. The average molecular weight is 306 g/mol. The molecule has 0 saturated heterocycles. The van der Waals surface area contributed by atoms with E-state index in [4.69, 9.17) is 4.74 Å². The highest BCUT2D eigenvalue weighted by Crippen LogP contribution is 2.39. The molecular weight excluding hydrogens is 276 g/mol. The Kier molecular flexibility index (Phi) is 5.14. The Bertz CT molecular complexity index is 479. The van der Waals surface area contributed by atoms with Crippen molar-refractivity contribution >= 4 is 0 Å². The van der Waals surface area contributed by atoms with Crippen molar-refractivity contribution in [3.05, 3.63) is 11.6 Å². The average Bonchev–Trinajstić information content (AvgIpc) is 2.91. The molecule has 0 bridgehead atoms. The molecule has 1 aliphatic heterocycles. The first kappa shape index (κ1) is 15.9. The van der Waals surface area contributed by atoms with Crippen LogP contribution in [0.3, 0.4) is 0 Å². The van der Waals surface area contributed by atoms with E-state index in [0.29, 0.717) is 11.5 Å². The van der Waals surface area contributed by atoms with Gasteiger partial charge >= 0.3 is 0 Å². The molecule has 1 aromatic heterocycles. The second kappa shape index (κ2) is 7.09. The van der Waals surface area contributed by atoms with Crippen LogP contribution in [0.25, 0.3) is 0 Å². The van der Waals surface area contributed by atoms with E-state index >= 15 is 0 Å². The monoisotopic (exact) mass is 306 g/mol. The van der Waals surface area contributed by atoms with Crippen molar-refractivity contribution in [1.82, 2.24) is 20.1 Å². The molecule has 1 aromatic rings. The normalized spacial score (nSPS) is 24.2. The molecular formula is C17H30N4O. The first-order chi connectivity index (χ1) is 10.7. The molecule has 0 spiro atoms. The number of nitrogens with one attached hydrogen (secondary N) is 1. The number of hydrogen-bond acceptors (Lipinski definition) is 4. The van der Waals surface area contributed by atoms with E-state index < -0.39 is 0 Å². The molecule has 5 nitrogen and oxygen atoms in total. The summed E-state index contributed by atoms with van der Waals surface area (Å²) in [5, 5.41) is 8.36. The number of rotatable bonds is 6. The number of hydrogen-bond donors (Lipinski definition) is 1. The van der Waals surface area contributed by atoms with E-state index in [1.807, 2.05) is 14.0 Å². The van der Waals surface area contributed by atoms with Gasteiger partial charge in [0.2, 0.25) is 0 Å². The van der Waals surface area contributed by atoms with E-state index in [2.05, 4.69) is 20.1 Å². The number of methoxy groups -OCH3 is 1. The van der Waals surface area contributed by atoms with Gasteiger partial charge < -0.3 is 10.1 Å². The minimum absolute atomic E-state index is 0.451. The summed E-state index contributed by atoms with van der Waals surface area (Å²) in [6.45, 7) is 4.97. The number of fused-ring (bicyclic) bond motifs is 1. The van der Waals surface area contributed by atoms with Crippen LogP contribution in [0, 0.1) is 12.3 Å². The van der Waals surface area contributed by atoms with Crippen molar-refractivity contribution in [3.63, 3.8) is 0 Å². The van der Waals surface area contributed by atoms with Crippen molar-refractivity contribution < 1.29 is 4.74 Å². The molecule has 1 fully saturated rings. The van der Waals surface area contributed by atoms with Gasteiger partial charge in [0.15, 0.2) is 0 Å². The number of aromatic nitrogens is 3. The van der Waals surface area contributed by atoms with E-state index in [1.165, 1.54) is 44.9 Å². The second-order valence-electron chi connectivity index (χ2n) is 7.18. The largest absolute Gasteiger partial charge is 0.385 e. The van der Waals surface area contributed by atoms with Crippen molar-refractivity contribution in [1.29, 1.82) is 0 Å². The predicted octanol–water partition coefficient (Wildman–Crippen LogP) is 2.48. The zero-order chi connectivity index (χ0) is 15.4. The second-order valence-corrected chi connectivity index (χ2v) is 7.18. The van der Waals surface area contributed by atoms with Gasteiger partial charge in [-0.05, 0) is 38.0 Å². The van der Waals surface area contributed by atoms with Crippen molar-refractivity contribution in [2.75, 3.05) is 20.3 Å². The summed E-state index contributed by atoms with van der Waals surface area (Å²) in [7, 11) is 1.82.